The summed E-state index contributed by atoms with van der Waals surface area (Å²) in [5.74, 6) is 0. The van der Waals surface area contributed by atoms with Crippen molar-refractivity contribution in [2.24, 2.45) is 5.73 Å². The summed E-state index contributed by atoms with van der Waals surface area (Å²) in [5, 5.41) is 2.32. The number of nitrogens with two attached hydrogens (primary N) is 1. The molecule has 0 saturated carbocycles. The molecule has 0 aliphatic rings. The molecule has 0 fully saturated rings. The van der Waals surface area contributed by atoms with Crippen molar-refractivity contribution in [3.8, 4) is 0 Å². The topological polar surface area (TPSA) is 64.3 Å². The lowest BCUT2D eigenvalue weighted by molar-refractivity contribution is 0.0525. The van der Waals surface area contributed by atoms with Crippen molar-refractivity contribution in [3.63, 3.8) is 0 Å². The molecule has 2 unspecified atom stereocenters. The number of hydrogen-bond donors (Lipinski definition) is 2. The first-order valence-electron chi connectivity index (χ1n) is 4.47. The molecule has 2 atom stereocenters. The molecule has 4 heteroatoms. The fourth-order valence-electron chi connectivity index (χ4n) is 0.507. The summed E-state index contributed by atoms with van der Waals surface area (Å²) in [6, 6.07) is -0.410. The predicted octanol–water partition coefficient (Wildman–Crippen LogP) is 0.858. The summed E-state index contributed by atoms with van der Waals surface area (Å²) in [4.78, 5) is 11.1. The maximum atomic E-state index is 11.1. The fraction of sp³-hybridized carbons (Fsp3) is 0.875. The first-order valence-corrected chi connectivity index (χ1v) is 3.90. The van der Waals surface area contributed by atoms with E-state index >= 15 is 0 Å². The van der Waals surface area contributed by atoms with E-state index in [4.69, 9.17) is 11.8 Å². The van der Waals surface area contributed by atoms with Gasteiger partial charge in [0.05, 0.1) is 1.37 Å². The van der Waals surface area contributed by atoms with Gasteiger partial charge in [0.2, 0.25) is 0 Å². The zero-order valence-corrected chi connectivity index (χ0v) is 8.05. The van der Waals surface area contributed by atoms with E-state index in [1.54, 1.807) is 27.7 Å². The van der Waals surface area contributed by atoms with Crippen molar-refractivity contribution >= 4 is 6.09 Å². The van der Waals surface area contributed by atoms with Crippen molar-refractivity contribution in [1.82, 2.24) is 5.32 Å². The summed E-state index contributed by atoms with van der Waals surface area (Å²) in [6.45, 7) is 6.11. The van der Waals surface area contributed by atoms with Gasteiger partial charge in [-0.2, -0.15) is 0 Å². The van der Waals surface area contributed by atoms with Crippen molar-refractivity contribution < 1.29 is 10.9 Å². The fourth-order valence-corrected chi connectivity index (χ4v) is 0.507. The summed E-state index contributed by atoms with van der Waals surface area (Å²) in [5.41, 5.74) is 4.85. The first kappa shape index (κ1) is 9.32. The smallest absolute Gasteiger partial charge is 0.407 e. The molecular weight excluding hydrogens is 156 g/mol. The third-order valence-corrected chi connectivity index (χ3v) is 0.863. The maximum Gasteiger partial charge on any atom is 0.407 e. The van der Waals surface area contributed by atoms with Gasteiger partial charge in [0.25, 0.3) is 0 Å². The Balaban J connectivity index is 3.89. The lowest BCUT2D eigenvalue weighted by Gasteiger charge is -2.20. The molecule has 0 spiro atoms. The lowest BCUT2D eigenvalue weighted by atomic mass is 10.2. The highest BCUT2D eigenvalue weighted by Gasteiger charge is 2.15. The Kier molecular flexibility index (Phi) is 3.34. The van der Waals surface area contributed by atoms with Crippen molar-refractivity contribution in [2.45, 2.75) is 39.3 Å². The third-order valence-electron chi connectivity index (χ3n) is 0.863. The third kappa shape index (κ3) is 7.34. The average Bonchev–Trinajstić information content (AvgIpc) is 1.81. The van der Waals surface area contributed by atoms with Crippen LogP contribution in [0.2, 0.25) is 0 Å². The van der Waals surface area contributed by atoms with Crippen molar-refractivity contribution in [3.05, 3.63) is 0 Å². The molecule has 0 heterocycles. The van der Waals surface area contributed by atoms with Crippen LogP contribution in [0.15, 0.2) is 0 Å². The Morgan fingerprint density at radius 3 is 2.58 bits per heavy atom. The standard InChI is InChI=1S/C8H18N2O2/c1-6(9)5-10-7(11)12-8(2,3)4/h6H,5,9H2,1-4H3,(H,10,11)/i5D. The Hall–Kier alpha value is -0.770. The first-order chi connectivity index (χ1) is 5.72. The summed E-state index contributed by atoms with van der Waals surface area (Å²) in [6.07, 6.45) is -0.607. The predicted molar refractivity (Wildman–Crippen MR) is 47.9 cm³/mol. The molecule has 0 aromatic heterocycles. The van der Waals surface area contributed by atoms with E-state index in [1.165, 1.54) is 0 Å². The zero-order chi connectivity index (χ0) is 10.6. The Labute approximate surface area is 74.9 Å². The largest absolute Gasteiger partial charge is 0.444 e. The Morgan fingerprint density at radius 2 is 2.25 bits per heavy atom. The van der Waals surface area contributed by atoms with Crippen LogP contribution in [-0.2, 0) is 4.74 Å². The number of nitrogens with one attached hydrogen (secondary N) is 1. The average molecular weight is 175 g/mol. The molecular formula is C8H18N2O2. The maximum absolute atomic E-state index is 11.1. The van der Waals surface area contributed by atoms with E-state index in [2.05, 4.69) is 5.32 Å². The molecule has 72 valence electrons. The second kappa shape index (κ2) is 4.30. The van der Waals surface area contributed by atoms with Crippen LogP contribution in [0, 0.1) is 0 Å². The van der Waals surface area contributed by atoms with Gasteiger partial charge >= 0.3 is 6.09 Å². The minimum atomic E-state index is -0.824. The van der Waals surface area contributed by atoms with E-state index < -0.39 is 24.3 Å². The van der Waals surface area contributed by atoms with Crippen molar-refractivity contribution in [1.29, 1.82) is 0 Å². The normalized spacial score (nSPS) is 17.6. The molecule has 0 aliphatic heterocycles. The van der Waals surface area contributed by atoms with Crippen LogP contribution in [0.4, 0.5) is 4.79 Å². The molecule has 0 aliphatic carbocycles. The van der Waals surface area contributed by atoms with Gasteiger partial charge in [-0.15, -0.1) is 0 Å². The van der Waals surface area contributed by atoms with Crippen LogP contribution in [0.3, 0.4) is 0 Å². The summed E-state index contributed by atoms with van der Waals surface area (Å²) >= 11 is 0. The zero-order valence-electron chi connectivity index (χ0n) is 9.05. The van der Waals surface area contributed by atoms with Crippen LogP contribution < -0.4 is 11.1 Å². The van der Waals surface area contributed by atoms with Gasteiger partial charge in [0.1, 0.15) is 5.60 Å². The van der Waals surface area contributed by atoms with Gasteiger partial charge in [-0.3, -0.25) is 0 Å². The highest BCUT2D eigenvalue weighted by atomic mass is 16.6. The van der Waals surface area contributed by atoms with E-state index in [0.29, 0.717) is 0 Å². The highest BCUT2D eigenvalue weighted by molar-refractivity contribution is 5.67. The number of alkyl carbamates (subject to hydrolysis) is 1. The number of carbonyl (C=O) groups is 1. The van der Waals surface area contributed by atoms with Gasteiger partial charge in [-0.1, -0.05) is 0 Å². The Bertz CT molecular complexity index is 177. The number of rotatable bonds is 2. The monoisotopic (exact) mass is 175 g/mol. The van der Waals surface area contributed by atoms with E-state index in [9.17, 15) is 4.79 Å². The molecule has 0 radical (unpaired) electrons. The molecule has 0 saturated heterocycles. The minimum absolute atomic E-state index is 0.410. The van der Waals surface area contributed by atoms with Crippen LogP contribution in [0.5, 0.6) is 0 Å². The molecule has 12 heavy (non-hydrogen) atoms. The van der Waals surface area contributed by atoms with E-state index in [-0.39, 0.29) is 0 Å². The van der Waals surface area contributed by atoms with E-state index in [0.717, 1.165) is 0 Å². The van der Waals surface area contributed by atoms with Gasteiger partial charge in [0, 0.05) is 12.6 Å². The van der Waals surface area contributed by atoms with Gasteiger partial charge in [0.15, 0.2) is 0 Å². The lowest BCUT2D eigenvalue weighted by Crippen LogP contribution is -2.38. The molecule has 0 bridgehead atoms. The van der Waals surface area contributed by atoms with Crippen LogP contribution >= 0.6 is 0 Å². The van der Waals surface area contributed by atoms with Crippen LogP contribution in [0.1, 0.15) is 29.1 Å². The van der Waals surface area contributed by atoms with Crippen LogP contribution in [-0.4, -0.2) is 24.3 Å². The van der Waals surface area contributed by atoms with Gasteiger partial charge < -0.3 is 15.8 Å². The number of carbonyl (C=O) groups excluding carboxylic acids is 1. The van der Waals surface area contributed by atoms with Gasteiger partial charge in [-0.05, 0) is 27.7 Å². The quantitative estimate of drug-likeness (QED) is 0.654. The second-order valence-corrected chi connectivity index (χ2v) is 3.67. The van der Waals surface area contributed by atoms with E-state index in [1.807, 2.05) is 0 Å². The summed E-state index contributed by atoms with van der Waals surface area (Å²) < 4.78 is 12.3. The number of amides is 1. The molecule has 0 aromatic carbocycles. The second-order valence-electron chi connectivity index (χ2n) is 3.67. The number of ether oxygens (including phenoxy) is 1. The minimum Gasteiger partial charge on any atom is -0.444 e. The number of hydrogen-bond acceptors (Lipinski definition) is 3. The summed E-state index contributed by atoms with van der Waals surface area (Å²) in [7, 11) is 0. The Morgan fingerprint density at radius 1 is 1.75 bits per heavy atom. The molecule has 1 amide bonds. The van der Waals surface area contributed by atoms with Gasteiger partial charge in [-0.25, -0.2) is 4.79 Å². The SMILES string of the molecule is [2H]C(NC(=O)OC(C)(C)C)C(C)N. The molecule has 0 aromatic rings. The highest BCUT2D eigenvalue weighted by Crippen LogP contribution is 2.05. The molecule has 3 N–H and O–H groups in total. The molecule has 4 nitrogen and oxygen atoms in total. The van der Waals surface area contributed by atoms with Crippen molar-refractivity contribution in [2.75, 3.05) is 6.52 Å². The van der Waals surface area contributed by atoms with Crippen LogP contribution in [0.25, 0.3) is 0 Å². The molecule has 0 rings (SSSR count).